The van der Waals surface area contributed by atoms with Crippen molar-refractivity contribution in [1.29, 1.82) is 0 Å². The molecule has 2 rings (SSSR count). The Labute approximate surface area is 109 Å². The van der Waals surface area contributed by atoms with Crippen molar-refractivity contribution < 1.29 is 0 Å². The van der Waals surface area contributed by atoms with E-state index in [1.54, 1.807) is 0 Å². The van der Waals surface area contributed by atoms with Gasteiger partial charge in [-0.1, -0.05) is 12.1 Å². The van der Waals surface area contributed by atoms with Crippen LogP contribution in [0.15, 0.2) is 18.2 Å². The highest BCUT2D eigenvalue weighted by atomic mass is 32.2. The van der Waals surface area contributed by atoms with Gasteiger partial charge in [-0.05, 0) is 38.1 Å². The minimum absolute atomic E-state index is 0.655. The van der Waals surface area contributed by atoms with Crippen molar-refractivity contribution in [3.63, 3.8) is 0 Å². The number of thioether (sulfide) groups is 1. The number of nitrogens with one attached hydrogen (secondary N) is 1. The van der Waals surface area contributed by atoms with Crippen LogP contribution in [-0.2, 0) is 6.54 Å². The second-order valence-electron chi connectivity index (χ2n) is 4.77. The topological polar surface area (TPSA) is 15.3 Å². The second-order valence-corrected chi connectivity index (χ2v) is 5.92. The molecule has 17 heavy (non-hydrogen) atoms. The zero-order valence-corrected chi connectivity index (χ0v) is 11.8. The molecule has 0 radical (unpaired) electrons. The molecule has 0 bridgehead atoms. The van der Waals surface area contributed by atoms with Crippen molar-refractivity contribution >= 4 is 17.4 Å². The van der Waals surface area contributed by atoms with Gasteiger partial charge in [0.1, 0.15) is 0 Å². The van der Waals surface area contributed by atoms with Gasteiger partial charge in [-0.2, -0.15) is 11.8 Å². The first-order chi connectivity index (χ1) is 8.22. The van der Waals surface area contributed by atoms with E-state index in [1.807, 2.05) is 7.05 Å². The molecule has 1 saturated heterocycles. The van der Waals surface area contributed by atoms with Gasteiger partial charge in [-0.3, -0.25) is 0 Å². The zero-order valence-electron chi connectivity index (χ0n) is 11.0. The highest BCUT2D eigenvalue weighted by molar-refractivity contribution is 7.99. The van der Waals surface area contributed by atoms with Crippen molar-refractivity contribution in [3.05, 3.63) is 29.3 Å². The summed E-state index contributed by atoms with van der Waals surface area (Å²) in [6.45, 7) is 6.68. The molecule has 1 fully saturated rings. The zero-order chi connectivity index (χ0) is 12.3. The molecule has 2 nitrogen and oxygen atoms in total. The van der Waals surface area contributed by atoms with Crippen LogP contribution in [0.3, 0.4) is 0 Å². The summed E-state index contributed by atoms with van der Waals surface area (Å²) >= 11 is 2.07. The first-order valence-electron chi connectivity index (χ1n) is 6.31. The number of benzene rings is 1. The summed E-state index contributed by atoms with van der Waals surface area (Å²) in [5, 5.41) is 3.20. The maximum atomic E-state index is 3.20. The quantitative estimate of drug-likeness (QED) is 0.888. The number of aryl methyl sites for hydroxylation is 1. The van der Waals surface area contributed by atoms with Gasteiger partial charge in [0.2, 0.25) is 0 Å². The van der Waals surface area contributed by atoms with Gasteiger partial charge in [0, 0.05) is 36.3 Å². The van der Waals surface area contributed by atoms with Crippen LogP contribution in [0, 0.1) is 6.92 Å². The van der Waals surface area contributed by atoms with Gasteiger partial charge in [0.25, 0.3) is 0 Å². The van der Waals surface area contributed by atoms with Gasteiger partial charge < -0.3 is 10.2 Å². The van der Waals surface area contributed by atoms with E-state index in [4.69, 9.17) is 0 Å². The Hall–Kier alpha value is -0.670. The number of hydrogen-bond acceptors (Lipinski definition) is 3. The molecule has 1 N–H and O–H groups in total. The number of hydrogen-bond donors (Lipinski definition) is 1. The van der Waals surface area contributed by atoms with Crippen molar-refractivity contribution in [2.45, 2.75) is 26.4 Å². The molecule has 0 amide bonds. The third-order valence-electron chi connectivity index (χ3n) is 3.32. The molecule has 1 aromatic carbocycles. The van der Waals surface area contributed by atoms with E-state index < -0.39 is 0 Å². The SMILES string of the molecule is CNCc1ccc(N2CCSCC2C)c(C)c1. The Kier molecular flexibility index (Phi) is 4.35. The predicted molar refractivity (Wildman–Crippen MR) is 78.1 cm³/mol. The van der Waals surface area contributed by atoms with Gasteiger partial charge in [-0.15, -0.1) is 0 Å². The molecule has 0 aromatic heterocycles. The Bertz CT molecular complexity index is 378. The first kappa shape index (κ1) is 12.8. The predicted octanol–water partition coefficient (Wildman–Crippen LogP) is 2.66. The maximum Gasteiger partial charge on any atom is 0.0399 e. The van der Waals surface area contributed by atoms with Gasteiger partial charge in [0.05, 0.1) is 0 Å². The van der Waals surface area contributed by atoms with E-state index in [2.05, 4.69) is 54.0 Å². The van der Waals surface area contributed by atoms with Gasteiger partial charge in [-0.25, -0.2) is 0 Å². The molecule has 1 aliphatic rings. The molecule has 0 aliphatic carbocycles. The van der Waals surface area contributed by atoms with E-state index in [-0.39, 0.29) is 0 Å². The fourth-order valence-corrected chi connectivity index (χ4v) is 3.45. The lowest BCUT2D eigenvalue weighted by Crippen LogP contribution is -2.40. The minimum Gasteiger partial charge on any atom is -0.367 e. The van der Waals surface area contributed by atoms with Crippen molar-refractivity contribution in [2.24, 2.45) is 0 Å². The molecule has 0 spiro atoms. The van der Waals surface area contributed by atoms with E-state index in [9.17, 15) is 0 Å². The lowest BCUT2D eigenvalue weighted by Gasteiger charge is -2.36. The molecule has 1 aliphatic heterocycles. The summed E-state index contributed by atoms with van der Waals surface area (Å²) in [6, 6.07) is 7.49. The molecular formula is C14H22N2S. The summed E-state index contributed by atoms with van der Waals surface area (Å²) in [6.07, 6.45) is 0. The summed E-state index contributed by atoms with van der Waals surface area (Å²) in [4.78, 5) is 2.55. The fourth-order valence-electron chi connectivity index (χ4n) is 2.44. The van der Waals surface area contributed by atoms with Crippen molar-refractivity contribution in [2.75, 3.05) is 30.0 Å². The fraction of sp³-hybridized carbons (Fsp3) is 0.571. The number of rotatable bonds is 3. The summed E-state index contributed by atoms with van der Waals surface area (Å²) < 4.78 is 0. The van der Waals surface area contributed by atoms with E-state index in [0.29, 0.717) is 6.04 Å². The van der Waals surface area contributed by atoms with Crippen LogP contribution in [0.2, 0.25) is 0 Å². The van der Waals surface area contributed by atoms with Crippen molar-refractivity contribution in [3.8, 4) is 0 Å². The number of anilines is 1. The first-order valence-corrected chi connectivity index (χ1v) is 7.46. The third kappa shape index (κ3) is 2.96. The molecule has 1 unspecified atom stereocenters. The van der Waals surface area contributed by atoms with Gasteiger partial charge in [0.15, 0.2) is 0 Å². The van der Waals surface area contributed by atoms with Crippen LogP contribution in [-0.4, -0.2) is 31.1 Å². The second kappa shape index (κ2) is 5.78. The van der Waals surface area contributed by atoms with Crippen molar-refractivity contribution in [1.82, 2.24) is 5.32 Å². The Balaban J connectivity index is 2.20. The monoisotopic (exact) mass is 250 g/mol. The van der Waals surface area contributed by atoms with E-state index in [0.717, 1.165) is 6.54 Å². The average Bonchev–Trinajstić information content (AvgIpc) is 2.31. The average molecular weight is 250 g/mol. The molecule has 1 atom stereocenters. The van der Waals surface area contributed by atoms with Gasteiger partial charge >= 0.3 is 0 Å². The molecule has 1 aromatic rings. The molecule has 0 saturated carbocycles. The lowest BCUT2D eigenvalue weighted by atomic mass is 10.1. The lowest BCUT2D eigenvalue weighted by molar-refractivity contribution is 0.697. The normalized spacial score (nSPS) is 20.6. The highest BCUT2D eigenvalue weighted by Crippen LogP contribution is 2.27. The Morgan fingerprint density at radius 2 is 2.29 bits per heavy atom. The summed E-state index contributed by atoms with van der Waals surface area (Å²) in [7, 11) is 1.99. The van der Waals surface area contributed by atoms with Crippen LogP contribution in [0.1, 0.15) is 18.1 Å². The summed E-state index contributed by atoms with van der Waals surface area (Å²) in [5.41, 5.74) is 4.18. The highest BCUT2D eigenvalue weighted by Gasteiger charge is 2.20. The van der Waals surface area contributed by atoms with Crippen LogP contribution in [0.5, 0.6) is 0 Å². The van der Waals surface area contributed by atoms with Crippen LogP contribution >= 0.6 is 11.8 Å². The van der Waals surface area contributed by atoms with E-state index in [1.165, 1.54) is 34.9 Å². The molecule has 3 heteroatoms. The molecule has 1 heterocycles. The molecule has 94 valence electrons. The van der Waals surface area contributed by atoms with Crippen LogP contribution < -0.4 is 10.2 Å². The Morgan fingerprint density at radius 1 is 1.47 bits per heavy atom. The smallest absolute Gasteiger partial charge is 0.0399 e. The van der Waals surface area contributed by atoms with E-state index >= 15 is 0 Å². The molecular weight excluding hydrogens is 228 g/mol. The third-order valence-corrected chi connectivity index (χ3v) is 4.51. The largest absolute Gasteiger partial charge is 0.367 e. The Morgan fingerprint density at radius 3 is 2.94 bits per heavy atom. The number of nitrogens with zero attached hydrogens (tertiary/aromatic N) is 1. The maximum absolute atomic E-state index is 3.20. The van der Waals surface area contributed by atoms with Crippen LogP contribution in [0.25, 0.3) is 0 Å². The summed E-state index contributed by atoms with van der Waals surface area (Å²) in [5.74, 6) is 2.50. The van der Waals surface area contributed by atoms with Crippen LogP contribution in [0.4, 0.5) is 5.69 Å². The standard InChI is InChI=1S/C14H22N2S/c1-11-8-13(9-15-3)4-5-14(11)16-6-7-17-10-12(16)2/h4-5,8,12,15H,6-7,9-10H2,1-3H3. The minimum atomic E-state index is 0.655.